The zero-order valence-corrected chi connectivity index (χ0v) is 13.0. The van der Waals surface area contributed by atoms with Gasteiger partial charge in [-0.25, -0.2) is 4.79 Å². The number of carboxylic acid groups (broad SMARTS) is 1. The average molecular weight is 327 g/mol. The van der Waals surface area contributed by atoms with Crippen LogP contribution in [0.2, 0.25) is 10.0 Å². The quantitative estimate of drug-likeness (QED) is 0.775. The first kappa shape index (κ1) is 15.2. The maximum atomic E-state index is 10.9. The second-order valence-electron chi connectivity index (χ2n) is 4.31. The molecule has 1 N–H and O–H groups in total. The van der Waals surface area contributed by atoms with Crippen LogP contribution in [0.5, 0.6) is 0 Å². The second kappa shape index (κ2) is 6.53. The van der Waals surface area contributed by atoms with Gasteiger partial charge in [0, 0.05) is 15.7 Å². The average Bonchev–Trinajstić information content (AvgIpc) is 2.40. The van der Waals surface area contributed by atoms with Crippen molar-refractivity contribution in [2.75, 3.05) is 0 Å². The minimum absolute atomic E-state index is 0.303. The number of aryl methyl sites for hydroxylation is 1. The summed E-state index contributed by atoms with van der Waals surface area (Å²) in [4.78, 5) is 11.8. The van der Waals surface area contributed by atoms with Crippen LogP contribution in [-0.2, 0) is 5.75 Å². The van der Waals surface area contributed by atoms with E-state index in [2.05, 4.69) is 0 Å². The Bertz CT molecular complexity index is 656. The fraction of sp³-hybridized carbons (Fsp3) is 0.133. The summed E-state index contributed by atoms with van der Waals surface area (Å²) in [6.07, 6.45) is 0. The molecular formula is C15H12Cl2O2S. The van der Waals surface area contributed by atoms with Crippen molar-refractivity contribution in [3.8, 4) is 0 Å². The number of halogens is 2. The lowest BCUT2D eigenvalue weighted by atomic mass is 10.1. The summed E-state index contributed by atoms with van der Waals surface area (Å²) in [6, 6.07) is 10.5. The number of carbonyl (C=O) groups is 1. The molecule has 0 aromatic heterocycles. The molecular weight excluding hydrogens is 315 g/mol. The second-order valence-corrected chi connectivity index (χ2v) is 6.17. The van der Waals surface area contributed by atoms with E-state index < -0.39 is 5.97 Å². The third kappa shape index (κ3) is 3.69. The van der Waals surface area contributed by atoms with E-state index in [1.165, 1.54) is 0 Å². The van der Waals surface area contributed by atoms with E-state index in [1.807, 2.05) is 19.1 Å². The van der Waals surface area contributed by atoms with Gasteiger partial charge in [-0.1, -0.05) is 29.3 Å². The Morgan fingerprint density at radius 2 is 1.95 bits per heavy atom. The first-order valence-corrected chi connectivity index (χ1v) is 7.62. The highest BCUT2D eigenvalue weighted by Crippen LogP contribution is 2.32. The summed E-state index contributed by atoms with van der Waals surface area (Å²) in [7, 11) is 0. The van der Waals surface area contributed by atoms with Crippen LogP contribution in [-0.4, -0.2) is 11.1 Å². The molecule has 2 aromatic rings. The minimum Gasteiger partial charge on any atom is -0.478 e. The SMILES string of the molecule is Cc1cc(C(=O)O)ccc1CSc1cc(Cl)ccc1Cl. The van der Waals surface area contributed by atoms with Crippen LogP contribution in [0.15, 0.2) is 41.3 Å². The van der Waals surface area contributed by atoms with Crippen LogP contribution >= 0.6 is 35.0 Å². The van der Waals surface area contributed by atoms with Crippen molar-refractivity contribution in [2.45, 2.75) is 17.6 Å². The molecule has 104 valence electrons. The molecule has 20 heavy (non-hydrogen) atoms. The van der Waals surface area contributed by atoms with Crippen molar-refractivity contribution in [2.24, 2.45) is 0 Å². The van der Waals surface area contributed by atoms with Crippen molar-refractivity contribution >= 4 is 40.9 Å². The number of hydrogen-bond donors (Lipinski definition) is 1. The predicted octanol–water partition coefficient (Wildman–Crippen LogP) is 5.29. The first-order chi connectivity index (χ1) is 9.47. The molecule has 0 saturated heterocycles. The molecule has 0 aliphatic heterocycles. The Morgan fingerprint density at radius 1 is 1.20 bits per heavy atom. The molecule has 0 amide bonds. The van der Waals surface area contributed by atoms with Gasteiger partial charge in [0.05, 0.1) is 10.6 Å². The Morgan fingerprint density at radius 3 is 2.60 bits per heavy atom. The van der Waals surface area contributed by atoms with E-state index in [-0.39, 0.29) is 0 Å². The fourth-order valence-electron chi connectivity index (χ4n) is 1.73. The number of rotatable bonds is 4. The van der Waals surface area contributed by atoms with E-state index in [0.717, 1.165) is 16.0 Å². The molecule has 0 fully saturated rings. The molecule has 0 radical (unpaired) electrons. The van der Waals surface area contributed by atoms with Gasteiger partial charge in [-0.15, -0.1) is 11.8 Å². The van der Waals surface area contributed by atoms with E-state index >= 15 is 0 Å². The normalized spacial score (nSPS) is 10.6. The van der Waals surface area contributed by atoms with Crippen LogP contribution in [0, 0.1) is 6.92 Å². The van der Waals surface area contributed by atoms with Crippen LogP contribution in [0.3, 0.4) is 0 Å². The summed E-state index contributed by atoms with van der Waals surface area (Å²) in [5, 5.41) is 10.3. The third-order valence-electron chi connectivity index (χ3n) is 2.87. The largest absolute Gasteiger partial charge is 0.478 e. The molecule has 0 spiro atoms. The maximum absolute atomic E-state index is 10.9. The van der Waals surface area contributed by atoms with E-state index in [9.17, 15) is 4.79 Å². The number of benzene rings is 2. The zero-order valence-electron chi connectivity index (χ0n) is 10.7. The van der Waals surface area contributed by atoms with Crippen LogP contribution in [0.1, 0.15) is 21.5 Å². The summed E-state index contributed by atoms with van der Waals surface area (Å²) >= 11 is 13.6. The highest BCUT2D eigenvalue weighted by atomic mass is 35.5. The van der Waals surface area contributed by atoms with Gasteiger partial charge in [-0.3, -0.25) is 0 Å². The smallest absolute Gasteiger partial charge is 0.335 e. The number of carboxylic acids is 1. The molecule has 0 saturated carbocycles. The van der Waals surface area contributed by atoms with Gasteiger partial charge in [0.15, 0.2) is 0 Å². The highest BCUT2D eigenvalue weighted by molar-refractivity contribution is 7.98. The summed E-state index contributed by atoms with van der Waals surface area (Å²) in [6.45, 7) is 1.90. The minimum atomic E-state index is -0.912. The monoisotopic (exact) mass is 326 g/mol. The number of aromatic carboxylic acids is 1. The topological polar surface area (TPSA) is 37.3 Å². The molecule has 0 bridgehead atoms. The van der Waals surface area contributed by atoms with Crippen LogP contribution in [0.4, 0.5) is 0 Å². The summed E-state index contributed by atoms with van der Waals surface area (Å²) in [5.41, 5.74) is 2.34. The Hall–Kier alpha value is -1.16. The number of hydrogen-bond acceptors (Lipinski definition) is 2. The van der Waals surface area contributed by atoms with Gasteiger partial charge >= 0.3 is 5.97 Å². The molecule has 0 aliphatic rings. The lowest BCUT2D eigenvalue weighted by molar-refractivity contribution is 0.0697. The van der Waals surface area contributed by atoms with Gasteiger partial charge in [0.2, 0.25) is 0 Å². The third-order valence-corrected chi connectivity index (χ3v) is 4.65. The molecule has 0 heterocycles. The lowest BCUT2D eigenvalue weighted by Crippen LogP contribution is -1.98. The Balaban J connectivity index is 2.15. The molecule has 2 aromatic carbocycles. The van der Waals surface area contributed by atoms with Crippen LogP contribution in [0.25, 0.3) is 0 Å². The molecule has 2 nitrogen and oxygen atoms in total. The highest BCUT2D eigenvalue weighted by Gasteiger charge is 2.07. The molecule has 5 heteroatoms. The lowest BCUT2D eigenvalue weighted by Gasteiger charge is -2.08. The van der Waals surface area contributed by atoms with E-state index in [0.29, 0.717) is 21.4 Å². The van der Waals surface area contributed by atoms with Crippen molar-refractivity contribution in [3.05, 3.63) is 63.1 Å². The first-order valence-electron chi connectivity index (χ1n) is 5.88. The summed E-state index contributed by atoms with van der Waals surface area (Å²) < 4.78 is 0. The van der Waals surface area contributed by atoms with Crippen molar-refractivity contribution in [3.63, 3.8) is 0 Å². The van der Waals surface area contributed by atoms with Crippen molar-refractivity contribution < 1.29 is 9.90 Å². The molecule has 0 atom stereocenters. The maximum Gasteiger partial charge on any atom is 0.335 e. The van der Waals surface area contributed by atoms with Crippen LogP contribution < -0.4 is 0 Å². The van der Waals surface area contributed by atoms with E-state index in [4.69, 9.17) is 28.3 Å². The van der Waals surface area contributed by atoms with Gasteiger partial charge in [-0.05, 0) is 48.4 Å². The van der Waals surface area contributed by atoms with Gasteiger partial charge in [-0.2, -0.15) is 0 Å². The predicted molar refractivity (Wildman–Crippen MR) is 84.2 cm³/mol. The fourth-order valence-corrected chi connectivity index (χ4v) is 3.30. The molecule has 2 rings (SSSR count). The zero-order chi connectivity index (χ0) is 14.7. The molecule has 0 unspecified atom stereocenters. The Kier molecular flexibility index (Phi) is 4.97. The van der Waals surface area contributed by atoms with Gasteiger partial charge in [0.25, 0.3) is 0 Å². The standard InChI is InChI=1S/C15H12Cl2O2S/c1-9-6-10(15(18)19)2-3-11(9)8-20-14-7-12(16)4-5-13(14)17/h2-7H,8H2,1H3,(H,18,19). The Labute approximate surface area is 131 Å². The van der Waals surface area contributed by atoms with Gasteiger partial charge < -0.3 is 5.11 Å². The molecule has 0 aliphatic carbocycles. The number of thioether (sulfide) groups is 1. The van der Waals surface area contributed by atoms with Gasteiger partial charge in [0.1, 0.15) is 0 Å². The van der Waals surface area contributed by atoms with E-state index in [1.54, 1.807) is 36.0 Å². The van der Waals surface area contributed by atoms with Crippen molar-refractivity contribution in [1.29, 1.82) is 0 Å². The van der Waals surface area contributed by atoms with Crippen molar-refractivity contribution in [1.82, 2.24) is 0 Å². The summed E-state index contributed by atoms with van der Waals surface area (Å²) in [5.74, 6) is -0.198.